The number of aryl methyl sites for hydroxylation is 1. The number of anilines is 2. The molecule has 4 nitrogen and oxygen atoms in total. The zero-order valence-electron chi connectivity index (χ0n) is 8.91. The molecular formula is C10H12F2N2O2S. The van der Waals surface area contributed by atoms with Crippen LogP contribution in [0, 0.1) is 0 Å². The Bertz CT molecular complexity index is 517. The van der Waals surface area contributed by atoms with Crippen LogP contribution in [-0.4, -0.2) is 20.7 Å². The Labute approximate surface area is 98.1 Å². The van der Waals surface area contributed by atoms with E-state index in [1.165, 1.54) is 6.07 Å². The summed E-state index contributed by atoms with van der Waals surface area (Å²) < 4.78 is 48.2. The van der Waals surface area contributed by atoms with E-state index in [-0.39, 0.29) is 5.69 Å². The van der Waals surface area contributed by atoms with Crippen LogP contribution in [0.5, 0.6) is 0 Å². The number of alkyl halides is 2. The third-order valence-electron chi connectivity index (χ3n) is 2.54. The highest BCUT2D eigenvalue weighted by molar-refractivity contribution is 7.93. The van der Waals surface area contributed by atoms with Crippen molar-refractivity contribution in [3.05, 3.63) is 23.8 Å². The van der Waals surface area contributed by atoms with Gasteiger partial charge in [-0.15, -0.1) is 0 Å². The fourth-order valence-corrected chi connectivity index (χ4v) is 2.29. The van der Waals surface area contributed by atoms with E-state index in [4.69, 9.17) is 0 Å². The van der Waals surface area contributed by atoms with E-state index < -0.39 is 15.8 Å². The van der Waals surface area contributed by atoms with Crippen LogP contribution in [0.2, 0.25) is 0 Å². The van der Waals surface area contributed by atoms with Gasteiger partial charge in [0.15, 0.2) is 0 Å². The summed E-state index contributed by atoms with van der Waals surface area (Å²) in [6.07, 6.45) is 1.75. The highest BCUT2D eigenvalue weighted by Crippen LogP contribution is 2.26. The zero-order valence-corrected chi connectivity index (χ0v) is 9.73. The molecule has 2 rings (SSSR count). The SMILES string of the molecule is O=S(=O)(Nc1ccc2c(c1)CCCN2)C(F)F. The molecule has 0 atom stereocenters. The smallest absolute Gasteiger partial charge is 0.355 e. The molecule has 0 bridgehead atoms. The minimum Gasteiger partial charge on any atom is -0.385 e. The van der Waals surface area contributed by atoms with Gasteiger partial charge in [0, 0.05) is 17.9 Å². The summed E-state index contributed by atoms with van der Waals surface area (Å²) in [5.41, 5.74) is 2.04. The van der Waals surface area contributed by atoms with Gasteiger partial charge >= 0.3 is 5.76 Å². The number of hydrogen-bond acceptors (Lipinski definition) is 3. The van der Waals surface area contributed by atoms with Crippen molar-refractivity contribution in [3.63, 3.8) is 0 Å². The summed E-state index contributed by atoms with van der Waals surface area (Å²) in [4.78, 5) is 0. The van der Waals surface area contributed by atoms with E-state index in [2.05, 4.69) is 5.32 Å². The Balaban J connectivity index is 2.23. The van der Waals surface area contributed by atoms with Crippen LogP contribution in [0.4, 0.5) is 20.2 Å². The second-order valence-electron chi connectivity index (χ2n) is 3.81. The predicted octanol–water partition coefficient (Wildman–Crippen LogP) is 2.01. The maximum absolute atomic E-state index is 12.2. The number of halogens is 2. The Morgan fingerprint density at radius 1 is 1.35 bits per heavy atom. The Morgan fingerprint density at radius 3 is 2.82 bits per heavy atom. The monoisotopic (exact) mass is 262 g/mol. The van der Waals surface area contributed by atoms with Gasteiger partial charge in [-0.25, -0.2) is 8.42 Å². The standard InChI is InChI=1S/C10H12F2N2O2S/c11-10(12)17(15,16)14-8-3-4-9-7(6-8)2-1-5-13-9/h3-4,6,10,13-14H,1-2,5H2. The van der Waals surface area contributed by atoms with Gasteiger partial charge in [-0.3, -0.25) is 4.72 Å². The quantitative estimate of drug-likeness (QED) is 0.876. The van der Waals surface area contributed by atoms with E-state index >= 15 is 0 Å². The third kappa shape index (κ3) is 2.66. The fourth-order valence-electron chi connectivity index (χ4n) is 1.75. The molecule has 7 heteroatoms. The molecule has 0 unspecified atom stereocenters. The maximum Gasteiger partial charge on any atom is 0.355 e. The number of sulfonamides is 1. The molecule has 1 heterocycles. The van der Waals surface area contributed by atoms with Crippen molar-refractivity contribution in [3.8, 4) is 0 Å². The molecule has 0 radical (unpaired) electrons. The summed E-state index contributed by atoms with van der Waals surface area (Å²) in [5, 5.41) is 3.15. The molecule has 0 saturated heterocycles. The first-order valence-corrected chi connectivity index (χ1v) is 6.70. The van der Waals surface area contributed by atoms with E-state index in [0.717, 1.165) is 30.6 Å². The van der Waals surface area contributed by atoms with Gasteiger partial charge in [0.1, 0.15) is 0 Å². The van der Waals surface area contributed by atoms with Gasteiger partial charge in [0.05, 0.1) is 0 Å². The first kappa shape index (κ1) is 12.1. The summed E-state index contributed by atoms with van der Waals surface area (Å²) in [6, 6.07) is 4.75. The molecule has 1 aromatic carbocycles. The van der Waals surface area contributed by atoms with Crippen molar-refractivity contribution in [2.24, 2.45) is 0 Å². The normalized spacial score (nSPS) is 15.2. The number of rotatable bonds is 3. The number of nitrogens with one attached hydrogen (secondary N) is 2. The van der Waals surface area contributed by atoms with Crippen LogP contribution < -0.4 is 10.0 Å². The van der Waals surface area contributed by atoms with E-state index in [1.54, 1.807) is 12.1 Å². The van der Waals surface area contributed by atoms with Crippen molar-refractivity contribution in [2.75, 3.05) is 16.6 Å². The topological polar surface area (TPSA) is 58.2 Å². The molecule has 0 aliphatic carbocycles. The molecule has 94 valence electrons. The van der Waals surface area contributed by atoms with Crippen LogP contribution in [-0.2, 0) is 16.4 Å². The zero-order chi connectivity index (χ0) is 12.5. The lowest BCUT2D eigenvalue weighted by molar-refractivity contribution is 0.236. The molecule has 1 aromatic rings. The Kier molecular flexibility index (Phi) is 3.19. The first-order valence-electron chi connectivity index (χ1n) is 5.15. The molecule has 0 amide bonds. The molecule has 1 aliphatic rings. The van der Waals surface area contributed by atoms with Gasteiger partial charge in [-0.1, -0.05) is 0 Å². The van der Waals surface area contributed by atoms with Crippen LogP contribution in [0.15, 0.2) is 18.2 Å². The van der Waals surface area contributed by atoms with Crippen molar-refractivity contribution in [1.82, 2.24) is 0 Å². The number of fused-ring (bicyclic) bond motifs is 1. The third-order valence-corrected chi connectivity index (χ3v) is 3.53. The van der Waals surface area contributed by atoms with Gasteiger partial charge in [-0.2, -0.15) is 8.78 Å². The maximum atomic E-state index is 12.2. The predicted molar refractivity (Wildman–Crippen MR) is 61.8 cm³/mol. The van der Waals surface area contributed by atoms with Crippen molar-refractivity contribution < 1.29 is 17.2 Å². The lowest BCUT2D eigenvalue weighted by Crippen LogP contribution is -2.21. The number of hydrogen-bond donors (Lipinski definition) is 2. The fraction of sp³-hybridized carbons (Fsp3) is 0.400. The van der Waals surface area contributed by atoms with Gasteiger partial charge in [-0.05, 0) is 36.6 Å². The highest BCUT2D eigenvalue weighted by atomic mass is 32.2. The largest absolute Gasteiger partial charge is 0.385 e. The molecule has 1 aliphatic heterocycles. The minimum atomic E-state index is -4.58. The molecule has 0 fully saturated rings. The van der Waals surface area contributed by atoms with E-state index in [1.807, 2.05) is 4.72 Å². The summed E-state index contributed by atoms with van der Waals surface area (Å²) in [5.74, 6) is -3.42. The average Bonchev–Trinajstić information content (AvgIpc) is 2.28. The van der Waals surface area contributed by atoms with Crippen LogP contribution >= 0.6 is 0 Å². The van der Waals surface area contributed by atoms with E-state index in [9.17, 15) is 17.2 Å². The molecule has 2 N–H and O–H groups in total. The van der Waals surface area contributed by atoms with Crippen molar-refractivity contribution in [1.29, 1.82) is 0 Å². The molecule has 0 saturated carbocycles. The van der Waals surface area contributed by atoms with Crippen LogP contribution in [0.25, 0.3) is 0 Å². The second-order valence-corrected chi connectivity index (χ2v) is 5.46. The molecule has 0 aromatic heterocycles. The van der Waals surface area contributed by atoms with Crippen LogP contribution in [0.1, 0.15) is 12.0 Å². The molecule has 0 spiro atoms. The minimum absolute atomic E-state index is 0.174. The Hall–Kier alpha value is -1.37. The summed E-state index contributed by atoms with van der Waals surface area (Å²) in [7, 11) is -4.58. The van der Waals surface area contributed by atoms with E-state index in [0.29, 0.717) is 0 Å². The summed E-state index contributed by atoms with van der Waals surface area (Å²) in [6.45, 7) is 0.870. The second kappa shape index (κ2) is 4.48. The highest BCUT2D eigenvalue weighted by Gasteiger charge is 2.24. The van der Waals surface area contributed by atoms with Crippen molar-refractivity contribution >= 4 is 21.4 Å². The average molecular weight is 262 g/mol. The number of benzene rings is 1. The summed E-state index contributed by atoms with van der Waals surface area (Å²) >= 11 is 0. The van der Waals surface area contributed by atoms with Crippen LogP contribution in [0.3, 0.4) is 0 Å². The first-order chi connectivity index (χ1) is 7.99. The lowest BCUT2D eigenvalue weighted by atomic mass is 10.0. The Morgan fingerprint density at radius 2 is 2.12 bits per heavy atom. The van der Waals surface area contributed by atoms with Crippen molar-refractivity contribution in [2.45, 2.75) is 18.6 Å². The lowest BCUT2D eigenvalue weighted by Gasteiger charge is -2.18. The molecular weight excluding hydrogens is 250 g/mol. The van der Waals surface area contributed by atoms with Gasteiger partial charge in [0.2, 0.25) is 0 Å². The van der Waals surface area contributed by atoms with Gasteiger partial charge in [0.25, 0.3) is 10.0 Å². The molecule has 17 heavy (non-hydrogen) atoms. The van der Waals surface area contributed by atoms with Gasteiger partial charge < -0.3 is 5.32 Å².